The highest BCUT2D eigenvalue weighted by Crippen LogP contribution is 2.22. The minimum absolute atomic E-state index is 0.0116. The fraction of sp³-hybridized carbons (Fsp3) is 0.348. The zero-order chi connectivity index (χ0) is 22.5. The Labute approximate surface area is 185 Å². The molecule has 2 aliphatic rings. The highest BCUT2D eigenvalue weighted by molar-refractivity contribution is 6.01. The van der Waals surface area contributed by atoms with Crippen molar-refractivity contribution in [2.24, 2.45) is 0 Å². The summed E-state index contributed by atoms with van der Waals surface area (Å²) in [6, 6.07) is 12.6. The van der Waals surface area contributed by atoms with Gasteiger partial charge in [-0.3, -0.25) is 19.4 Å². The molecule has 0 aliphatic carbocycles. The molecule has 4 rings (SSSR count). The van der Waals surface area contributed by atoms with E-state index in [9.17, 15) is 18.8 Å². The average molecular weight is 440 g/mol. The van der Waals surface area contributed by atoms with Gasteiger partial charge in [0.1, 0.15) is 5.82 Å². The van der Waals surface area contributed by atoms with Crippen LogP contribution in [0.25, 0.3) is 0 Å². The van der Waals surface area contributed by atoms with Crippen molar-refractivity contribution in [3.8, 4) is 0 Å². The Morgan fingerprint density at radius 2 is 1.75 bits per heavy atom. The summed E-state index contributed by atoms with van der Waals surface area (Å²) < 4.78 is 18.8. The van der Waals surface area contributed by atoms with Gasteiger partial charge in [-0.25, -0.2) is 9.18 Å². The maximum atomic E-state index is 13.4. The fourth-order valence-corrected chi connectivity index (χ4v) is 3.88. The van der Waals surface area contributed by atoms with Crippen LogP contribution in [-0.2, 0) is 16.1 Å². The van der Waals surface area contributed by atoms with Gasteiger partial charge in [0.15, 0.2) is 0 Å². The maximum absolute atomic E-state index is 13.4. The maximum Gasteiger partial charge on any atom is 0.324 e. The van der Waals surface area contributed by atoms with Crippen molar-refractivity contribution in [2.45, 2.75) is 12.6 Å². The molecule has 0 spiro atoms. The summed E-state index contributed by atoms with van der Waals surface area (Å²) >= 11 is 0. The van der Waals surface area contributed by atoms with Crippen LogP contribution in [0.5, 0.6) is 0 Å². The van der Waals surface area contributed by atoms with Gasteiger partial charge in [0.25, 0.3) is 5.91 Å². The van der Waals surface area contributed by atoms with E-state index >= 15 is 0 Å². The lowest BCUT2D eigenvalue weighted by molar-refractivity contribution is -0.125. The second kappa shape index (κ2) is 9.88. The Hall–Kier alpha value is -3.30. The normalized spacial score (nSPS) is 17.8. The highest BCUT2D eigenvalue weighted by atomic mass is 19.1. The van der Waals surface area contributed by atoms with Crippen molar-refractivity contribution in [3.05, 3.63) is 71.0 Å². The van der Waals surface area contributed by atoms with Crippen molar-refractivity contribution >= 4 is 17.8 Å². The number of imide groups is 1. The fourth-order valence-electron chi connectivity index (χ4n) is 3.88. The van der Waals surface area contributed by atoms with Crippen molar-refractivity contribution in [2.75, 3.05) is 39.4 Å². The number of morpholine rings is 1. The molecular formula is C23H25FN4O4. The predicted octanol–water partition coefficient (Wildman–Crippen LogP) is 1.68. The molecule has 2 aliphatic heterocycles. The molecule has 168 valence electrons. The van der Waals surface area contributed by atoms with Gasteiger partial charge in [0.05, 0.1) is 32.3 Å². The molecule has 32 heavy (non-hydrogen) atoms. The van der Waals surface area contributed by atoms with Crippen LogP contribution >= 0.6 is 0 Å². The SMILES string of the molecule is O=C(NCC(c1ccc(F)cc1)N1CCOCC1)c1ccc(CN2C(=O)CNC2=O)cc1. The second-order valence-electron chi connectivity index (χ2n) is 7.76. The average Bonchev–Trinajstić information content (AvgIpc) is 3.13. The number of rotatable bonds is 7. The summed E-state index contributed by atoms with van der Waals surface area (Å²) in [7, 11) is 0. The van der Waals surface area contributed by atoms with Gasteiger partial charge < -0.3 is 15.4 Å². The molecule has 2 aromatic carbocycles. The number of halogens is 1. The standard InChI is InChI=1S/C23H25FN4O4/c24-19-7-5-17(6-8-19)20(27-9-11-32-12-10-27)13-25-22(30)18-3-1-16(2-4-18)15-28-21(29)14-26-23(28)31/h1-8,20H,9-15H2,(H,25,30)(H,26,31). The first-order valence-electron chi connectivity index (χ1n) is 10.5. The van der Waals surface area contributed by atoms with Crippen molar-refractivity contribution in [1.82, 2.24) is 20.4 Å². The van der Waals surface area contributed by atoms with E-state index in [1.807, 2.05) is 0 Å². The molecule has 1 unspecified atom stereocenters. The summed E-state index contributed by atoms with van der Waals surface area (Å²) in [5, 5.41) is 5.45. The van der Waals surface area contributed by atoms with E-state index in [4.69, 9.17) is 4.74 Å². The van der Waals surface area contributed by atoms with Crippen molar-refractivity contribution in [1.29, 1.82) is 0 Å². The van der Waals surface area contributed by atoms with E-state index in [2.05, 4.69) is 15.5 Å². The van der Waals surface area contributed by atoms with E-state index in [-0.39, 0.29) is 36.8 Å². The first kappa shape index (κ1) is 21.9. The van der Waals surface area contributed by atoms with E-state index in [1.165, 1.54) is 12.1 Å². The molecule has 2 heterocycles. The lowest BCUT2D eigenvalue weighted by Crippen LogP contribution is -2.43. The van der Waals surface area contributed by atoms with Crippen LogP contribution in [-0.4, -0.2) is 67.0 Å². The van der Waals surface area contributed by atoms with E-state index in [0.717, 1.165) is 29.1 Å². The van der Waals surface area contributed by atoms with E-state index in [0.29, 0.717) is 25.3 Å². The molecule has 2 saturated heterocycles. The summed E-state index contributed by atoms with van der Waals surface area (Å²) in [5.41, 5.74) is 2.16. The molecule has 0 bridgehead atoms. The summed E-state index contributed by atoms with van der Waals surface area (Å²) in [5.74, 6) is -0.801. The molecule has 2 aromatic rings. The van der Waals surface area contributed by atoms with E-state index in [1.54, 1.807) is 36.4 Å². The molecule has 4 amide bonds. The van der Waals surface area contributed by atoms with Gasteiger partial charge in [-0.1, -0.05) is 24.3 Å². The summed E-state index contributed by atoms with van der Waals surface area (Å²) in [6.45, 7) is 3.24. The lowest BCUT2D eigenvalue weighted by Gasteiger charge is -2.35. The van der Waals surface area contributed by atoms with Gasteiger partial charge >= 0.3 is 6.03 Å². The molecular weight excluding hydrogens is 415 g/mol. The van der Waals surface area contributed by atoms with Crippen LogP contribution in [0.2, 0.25) is 0 Å². The number of nitrogens with zero attached hydrogens (tertiary/aromatic N) is 2. The number of urea groups is 1. The second-order valence-corrected chi connectivity index (χ2v) is 7.76. The topological polar surface area (TPSA) is 91.0 Å². The number of ether oxygens (including phenoxy) is 1. The van der Waals surface area contributed by atoms with Crippen LogP contribution in [0.1, 0.15) is 27.5 Å². The minimum Gasteiger partial charge on any atom is -0.379 e. The Kier molecular flexibility index (Phi) is 6.77. The third-order valence-electron chi connectivity index (χ3n) is 5.69. The molecule has 9 heteroatoms. The van der Waals surface area contributed by atoms with Crippen molar-refractivity contribution < 1.29 is 23.5 Å². The third kappa shape index (κ3) is 5.12. The van der Waals surface area contributed by atoms with Gasteiger partial charge in [0, 0.05) is 25.2 Å². The first-order valence-corrected chi connectivity index (χ1v) is 10.5. The monoisotopic (exact) mass is 440 g/mol. The summed E-state index contributed by atoms with van der Waals surface area (Å²) in [6.07, 6.45) is 0. The third-order valence-corrected chi connectivity index (χ3v) is 5.69. The van der Waals surface area contributed by atoms with Crippen LogP contribution in [0.4, 0.5) is 9.18 Å². The summed E-state index contributed by atoms with van der Waals surface area (Å²) in [4.78, 5) is 39.5. The predicted molar refractivity (Wildman–Crippen MR) is 114 cm³/mol. The number of nitrogens with one attached hydrogen (secondary N) is 2. The molecule has 0 saturated carbocycles. The number of carbonyl (C=O) groups excluding carboxylic acids is 3. The minimum atomic E-state index is -0.410. The van der Waals surface area contributed by atoms with Crippen LogP contribution < -0.4 is 10.6 Å². The number of hydrogen-bond donors (Lipinski definition) is 2. The molecule has 2 fully saturated rings. The largest absolute Gasteiger partial charge is 0.379 e. The van der Waals surface area contributed by atoms with Crippen LogP contribution in [0, 0.1) is 5.82 Å². The molecule has 0 radical (unpaired) electrons. The smallest absolute Gasteiger partial charge is 0.324 e. The Morgan fingerprint density at radius 3 is 2.38 bits per heavy atom. The van der Waals surface area contributed by atoms with Gasteiger partial charge in [-0.2, -0.15) is 0 Å². The van der Waals surface area contributed by atoms with Crippen molar-refractivity contribution in [3.63, 3.8) is 0 Å². The van der Waals surface area contributed by atoms with Crippen LogP contribution in [0.15, 0.2) is 48.5 Å². The molecule has 0 aromatic heterocycles. The zero-order valence-corrected chi connectivity index (χ0v) is 17.6. The van der Waals surface area contributed by atoms with E-state index < -0.39 is 6.03 Å². The molecule has 1 atom stereocenters. The van der Waals surface area contributed by atoms with Gasteiger partial charge in [-0.15, -0.1) is 0 Å². The number of benzene rings is 2. The Balaban J connectivity index is 1.39. The van der Waals surface area contributed by atoms with Gasteiger partial charge in [0.2, 0.25) is 5.91 Å². The number of amides is 4. The quantitative estimate of drug-likeness (QED) is 0.640. The first-order chi connectivity index (χ1) is 15.5. The Morgan fingerprint density at radius 1 is 1.06 bits per heavy atom. The zero-order valence-electron chi connectivity index (χ0n) is 17.6. The highest BCUT2D eigenvalue weighted by Gasteiger charge is 2.28. The number of carbonyl (C=O) groups is 3. The number of hydrogen-bond acceptors (Lipinski definition) is 5. The van der Waals surface area contributed by atoms with Gasteiger partial charge in [-0.05, 0) is 35.4 Å². The molecule has 8 nitrogen and oxygen atoms in total. The van der Waals surface area contributed by atoms with Crippen LogP contribution in [0.3, 0.4) is 0 Å². The lowest BCUT2D eigenvalue weighted by atomic mass is 10.0. The molecule has 2 N–H and O–H groups in total. The Bertz CT molecular complexity index is 958.